The lowest BCUT2D eigenvalue weighted by Crippen LogP contribution is -2.52. The van der Waals surface area contributed by atoms with Gasteiger partial charge in [-0.15, -0.1) is 13.2 Å². The lowest BCUT2D eigenvalue weighted by Gasteiger charge is -2.31. The normalized spacial score (nSPS) is 12.1. The summed E-state index contributed by atoms with van der Waals surface area (Å²) in [4.78, 5) is 12.1. The molecule has 1 aromatic rings. The summed E-state index contributed by atoms with van der Waals surface area (Å²) in [5.41, 5.74) is 5.44. The number of nitrogens with two attached hydrogens (primary N) is 1. The number of hydrogen-bond acceptors (Lipinski definition) is 3. The minimum absolute atomic E-state index is 0.254. The Hall–Kier alpha value is -1.76. The van der Waals surface area contributed by atoms with Crippen LogP contribution in [0.1, 0.15) is 37.0 Å². The van der Waals surface area contributed by atoms with Gasteiger partial charge in [0.15, 0.2) is 0 Å². The van der Waals surface area contributed by atoms with Crippen LogP contribution in [0, 0.1) is 0 Å². The fraction of sp³-hybridized carbons (Fsp3) is 0.500. The Morgan fingerprint density at radius 1 is 1.19 bits per heavy atom. The molecule has 1 amide bonds. The molecule has 7 heteroatoms. The highest BCUT2D eigenvalue weighted by Crippen LogP contribution is 2.23. The maximum Gasteiger partial charge on any atom is 0.573 e. The first-order valence-electron chi connectivity index (χ1n) is 6.63. The Kier molecular flexibility index (Phi) is 5.60. The number of ether oxygens (including phenoxy) is 1. The maximum atomic E-state index is 12.1. The fourth-order valence-corrected chi connectivity index (χ4v) is 1.89. The molecule has 0 aliphatic carbocycles. The second-order valence-corrected chi connectivity index (χ2v) is 4.72. The van der Waals surface area contributed by atoms with Crippen molar-refractivity contribution in [1.82, 2.24) is 5.32 Å². The van der Waals surface area contributed by atoms with Crippen molar-refractivity contribution in [2.24, 2.45) is 5.73 Å². The van der Waals surface area contributed by atoms with Gasteiger partial charge in [0.2, 0.25) is 0 Å². The predicted octanol–water partition coefficient (Wildman–Crippen LogP) is 2.83. The highest BCUT2D eigenvalue weighted by molar-refractivity contribution is 5.94. The highest BCUT2D eigenvalue weighted by atomic mass is 19.4. The lowest BCUT2D eigenvalue weighted by molar-refractivity contribution is -0.274. The van der Waals surface area contributed by atoms with E-state index >= 15 is 0 Å². The van der Waals surface area contributed by atoms with Gasteiger partial charge in [-0.05, 0) is 37.1 Å². The molecule has 0 aliphatic rings. The molecule has 0 aliphatic heterocycles. The van der Waals surface area contributed by atoms with E-state index in [9.17, 15) is 18.0 Å². The first-order chi connectivity index (χ1) is 9.75. The van der Waals surface area contributed by atoms with Crippen LogP contribution in [0.3, 0.4) is 0 Å². The molecule has 0 aromatic heterocycles. The number of hydrogen-bond donors (Lipinski definition) is 2. The summed E-state index contributed by atoms with van der Waals surface area (Å²) in [5.74, 6) is -0.738. The molecule has 3 N–H and O–H groups in total. The van der Waals surface area contributed by atoms with Crippen molar-refractivity contribution in [3.05, 3.63) is 29.8 Å². The van der Waals surface area contributed by atoms with Crippen LogP contribution in [0.4, 0.5) is 13.2 Å². The molecule has 0 atom stereocenters. The Bertz CT molecular complexity index is 460. The average molecular weight is 304 g/mol. The van der Waals surface area contributed by atoms with Gasteiger partial charge in [0.1, 0.15) is 5.75 Å². The van der Waals surface area contributed by atoms with Gasteiger partial charge in [0.25, 0.3) is 5.91 Å². The van der Waals surface area contributed by atoms with Crippen molar-refractivity contribution < 1.29 is 22.7 Å². The Balaban J connectivity index is 2.80. The van der Waals surface area contributed by atoms with Gasteiger partial charge >= 0.3 is 6.36 Å². The topological polar surface area (TPSA) is 64.3 Å². The van der Waals surface area contributed by atoms with E-state index in [1.165, 1.54) is 12.1 Å². The molecular weight excluding hydrogens is 285 g/mol. The van der Waals surface area contributed by atoms with Crippen molar-refractivity contribution in [3.63, 3.8) is 0 Å². The van der Waals surface area contributed by atoms with Crippen molar-refractivity contribution in [1.29, 1.82) is 0 Å². The Morgan fingerprint density at radius 3 is 2.10 bits per heavy atom. The molecule has 118 valence electrons. The smallest absolute Gasteiger partial charge is 0.406 e. The van der Waals surface area contributed by atoms with E-state index in [1.54, 1.807) is 0 Å². The second-order valence-electron chi connectivity index (χ2n) is 4.72. The quantitative estimate of drug-likeness (QED) is 0.849. The van der Waals surface area contributed by atoms with Crippen LogP contribution >= 0.6 is 0 Å². The molecule has 0 radical (unpaired) electrons. The summed E-state index contributed by atoms with van der Waals surface area (Å²) in [6.45, 7) is 4.12. The van der Waals surface area contributed by atoms with E-state index < -0.39 is 11.9 Å². The molecule has 1 aromatic carbocycles. The van der Waals surface area contributed by atoms with Crippen molar-refractivity contribution >= 4 is 5.91 Å². The molecule has 1 rings (SSSR count). The molecule has 0 fully saturated rings. The number of amides is 1. The van der Waals surface area contributed by atoms with Gasteiger partial charge in [0, 0.05) is 12.1 Å². The largest absolute Gasteiger partial charge is 0.573 e. The number of nitrogens with one attached hydrogen (secondary N) is 1. The molecule has 0 bridgehead atoms. The first kappa shape index (κ1) is 17.3. The van der Waals surface area contributed by atoms with E-state index in [1.807, 2.05) is 13.8 Å². The zero-order valence-electron chi connectivity index (χ0n) is 12.0. The van der Waals surface area contributed by atoms with Gasteiger partial charge in [-0.3, -0.25) is 4.79 Å². The van der Waals surface area contributed by atoms with Crippen molar-refractivity contribution in [3.8, 4) is 5.75 Å². The van der Waals surface area contributed by atoms with Crippen LogP contribution in [-0.4, -0.2) is 24.4 Å². The van der Waals surface area contributed by atoms with E-state index in [0.29, 0.717) is 19.4 Å². The van der Waals surface area contributed by atoms with Gasteiger partial charge in [-0.25, -0.2) is 0 Å². The molecular formula is C14H19F3N2O2. The van der Waals surface area contributed by atoms with E-state index in [4.69, 9.17) is 5.73 Å². The molecule has 0 unspecified atom stereocenters. The minimum Gasteiger partial charge on any atom is -0.406 e. The van der Waals surface area contributed by atoms with Crippen LogP contribution in [0.5, 0.6) is 5.75 Å². The third-order valence-electron chi connectivity index (χ3n) is 3.47. The van der Waals surface area contributed by atoms with Gasteiger partial charge in [-0.1, -0.05) is 13.8 Å². The first-order valence-corrected chi connectivity index (χ1v) is 6.63. The van der Waals surface area contributed by atoms with Crippen LogP contribution < -0.4 is 15.8 Å². The zero-order valence-corrected chi connectivity index (χ0v) is 12.0. The van der Waals surface area contributed by atoms with Gasteiger partial charge in [0.05, 0.1) is 5.54 Å². The molecule has 0 saturated carbocycles. The SMILES string of the molecule is CCC(CC)(CN)NC(=O)c1ccc(OC(F)(F)F)cc1. The van der Waals surface area contributed by atoms with Crippen molar-refractivity contribution in [2.45, 2.75) is 38.6 Å². The second kappa shape index (κ2) is 6.80. The summed E-state index contributed by atoms with van der Waals surface area (Å²) in [5, 5.41) is 2.84. The zero-order chi connectivity index (χ0) is 16.1. The molecule has 0 saturated heterocycles. The summed E-state index contributed by atoms with van der Waals surface area (Å²) in [6, 6.07) is 4.76. The monoisotopic (exact) mass is 304 g/mol. The number of carbonyl (C=O) groups is 1. The van der Waals surface area contributed by atoms with E-state index in [2.05, 4.69) is 10.1 Å². The summed E-state index contributed by atoms with van der Waals surface area (Å²) < 4.78 is 39.9. The maximum absolute atomic E-state index is 12.1. The summed E-state index contributed by atoms with van der Waals surface area (Å²) in [7, 11) is 0. The third kappa shape index (κ3) is 4.93. The minimum atomic E-state index is -4.75. The number of benzene rings is 1. The highest BCUT2D eigenvalue weighted by Gasteiger charge is 2.31. The van der Waals surface area contributed by atoms with Gasteiger partial charge < -0.3 is 15.8 Å². The van der Waals surface area contributed by atoms with E-state index in [-0.39, 0.29) is 17.2 Å². The van der Waals surface area contributed by atoms with Gasteiger partial charge in [-0.2, -0.15) is 0 Å². The molecule has 0 heterocycles. The molecule has 4 nitrogen and oxygen atoms in total. The Morgan fingerprint density at radius 2 is 1.71 bits per heavy atom. The number of alkyl halides is 3. The Labute approximate surface area is 121 Å². The van der Waals surface area contributed by atoms with Crippen LogP contribution in [-0.2, 0) is 0 Å². The third-order valence-corrected chi connectivity index (χ3v) is 3.47. The number of carbonyl (C=O) groups excluding carboxylic acids is 1. The number of halogens is 3. The summed E-state index contributed by atoms with van der Waals surface area (Å²) >= 11 is 0. The standard InChI is InChI=1S/C14H19F3N2O2/c1-3-13(4-2,9-18)19-12(20)10-5-7-11(8-6-10)21-14(15,16)17/h5-8H,3-4,9,18H2,1-2H3,(H,19,20). The van der Waals surface area contributed by atoms with Crippen LogP contribution in [0.15, 0.2) is 24.3 Å². The summed E-state index contributed by atoms with van der Waals surface area (Å²) in [6.07, 6.45) is -3.41. The van der Waals surface area contributed by atoms with Crippen LogP contribution in [0.2, 0.25) is 0 Å². The fourth-order valence-electron chi connectivity index (χ4n) is 1.89. The number of rotatable bonds is 6. The molecule has 0 spiro atoms. The molecule has 21 heavy (non-hydrogen) atoms. The van der Waals surface area contributed by atoms with Crippen LogP contribution in [0.25, 0.3) is 0 Å². The van der Waals surface area contributed by atoms with Crippen molar-refractivity contribution in [2.75, 3.05) is 6.54 Å². The average Bonchev–Trinajstić information content (AvgIpc) is 2.44. The van der Waals surface area contributed by atoms with E-state index in [0.717, 1.165) is 12.1 Å². The lowest BCUT2D eigenvalue weighted by atomic mass is 9.92. The predicted molar refractivity (Wildman–Crippen MR) is 73.0 cm³/mol.